The van der Waals surface area contributed by atoms with E-state index in [0.717, 1.165) is 11.1 Å². The molecule has 0 spiro atoms. The van der Waals surface area contributed by atoms with Crippen molar-refractivity contribution in [1.29, 1.82) is 0 Å². The molecule has 7 nitrogen and oxygen atoms in total. The lowest BCUT2D eigenvalue weighted by atomic mass is 10.1. The van der Waals surface area contributed by atoms with Gasteiger partial charge in [0.25, 0.3) is 5.91 Å². The van der Waals surface area contributed by atoms with E-state index in [-0.39, 0.29) is 5.69 Å². The number of hydrogen-bond donors (Lipinski definition) is 2. The van der Waals surface area contributed by atoms with E-state index in [2.05, 4.69) is 20.7 Å². The minimum atomic E-state index is -0.488. The molecule has 7 heteroatoms. The Morgan fingerprint density at radius 3 is 2.68 bits per heavy atom. The Kier molecular flexibility index (Phi) is 3.88. The summed E-state index contributed by atoms with van der Waals surface area (Å²) in [6.45, 7) is 0.496. The summed E-state index contributed by atoms with van der Waals surface area (Å²) in [6.07, 6.45) is 3.32. The van der Waals surface area contributed by atoms with Crippen molar-refractivity contribution in [1.82, 2.24) is 25.4 Å². The minimum Gasteiger partial charge on any atom is -0.289 e. The first-order chi connectivity index (χ1) is 10.8. The van der Waals surface area contributed by atoms with E-state index in [1.54, 1.807) is 23.1 Å². The number of nitrogens with one attached hydrogen (secondary N) is 1. The van der Waals surface area contributed by atoms with E-state index in [9.17, 15) is 4.79 Å². The summed E-state index contributed by atoms with van der Waals surface area (Å²) in [5, 5.41) is 8.03. The number of amides is 1. The van der Waals surface area contributed by atoms with E-state index in [1.165, 1.54) is 0 Å². The third-order valence-corrected chi connectivity index (χ3v) is 3.19. The van der Waals surface area contributed by atoms with Gasteiger partial charge in [0.05, 0.1) is 6.54 Å². The van der Waals surface area contributed by atoms with Gasteiger partial charge in [-0.05, 0) is 17.7 Å². The van der Waals surface area contributed by atoms with Crippen LogP contribution in [0.5, 0.6) is 0 Å². The Balaban J connectivity index is 2.07. The van der Waals surface area contributed by atoms with Crippen LogP contribution in [0.25, 0.3) is 11.3 Å². The van der Waals surface area contributed by atoms with E-state index in [0.29, 0.717) is 12.2 Å². The Bertz CT molecular complexity index is 769. The molecule has 2 aromatic heterocycles. The number of nitrogens with two attached hydrogens (primary N) is 1. The molecule has 0 atom stereocenters. The molecule has 1 amide bonds. The molecule has 3 rings (SSSR count). The van der Waals surface area contributed by atoms with Crippen LogP contribution in [0.3, 0.4) is 0 Å². The zero-order chi connectivity index (χ0) is 15.4. The Hall–Kier alpha value is -3.06. The SMILES string of the molecule is NNC(=O)c1nnn(Cc2ccccc2)c1-c1cccnc1. The second-order valence-corrected chi connectivity index (χ2v) is 4.65. The Morgan fingerprint density at radius 1 is 1.18 bits per heavy atom. The molecule has 0 fully saturated rings. The molecule has 0 saturated carbocycles. The van der Waals surface area contributed by atoms with Crippen LogP contribution in [0.1, 0.15) is 16.1 Å². The number of hydrazine groups is 1. The van der Waals surface area contributed by atoms with Crippen LogP contribution in [0, 0.1) is 0 Å². The first-order valence-corrected chi connectivity index (χ1v) is 6.68. The van der Waals surface area contributed by atoms with E-state index >= 15 is 0 Å². The molecule has 0 aliphatic heterocycles. The molecular weight excluding hydrogens is 280 g/mol. The second-order valence-electron chi connectivity index (χ2n) is 4.65. The van der Waals surface area contributed by atoms with Gasteiger partial charge in [0.15, 0.2) is 5.69 Å². The van der Waals surface area contributed by atoms with Crippen molar-refractivity contribution < 1.29 is 4.79 Å². The highest BCUT2D eigenvalue weighted by Gasteiger charge is 2.20. The minimum absolute atomic E-state index is 0.173. The third-order valence-electron chi connectivity index (χ3n) is 3.19. The number of carbonyl (C=O) groups is 1. The van der Waals surface area contributed by atoms with Gasteiger partial charge in [0.2, 0.25) is 0 Å². The maximum absolute atomic E-state index is 11.9. The molecule has 1 aromatic carbocycles. The maximum Gasteiger partial charge on any atom is 0.288 e. The van der Waals surface area contributed by atoms with Crippen molar-refractivity contribution in [2.75, 3.05) is 0 Å². The van der Waals surface area contributed by atoms with Crippen LogP contribution in [0.15, 0.2) is 54.9 Å². The predicted octanol–water partition coefficient (Wildman–Crippen LogP) is 0.992. The van der Waals surface area contributed by atoms with Crippen LogP contribution in [0.2, 0.25) is 0 Å². The van der Waals surface area contributed by atoms with Crippen molar-refractivity contribution >= 4 is 5.91 Å². The molecule has 0 aliphatic rings. The summed E-state index contributed by atoms with van der Waals surface area (Å²) < 4.78 is 1.66. The molecule has 0 bridgehead atoms. The van der Waals surface area contributed by atoms with Gasteiger partial charge in [-0.25, -0.2) is 10.5 Å². The highest BCUT2D eigenvalue weighted by atomic mass is 16.2. The summed E-state index contributed by atoms with van der Waals surface area (Å²) in [6, 6.07) is 13.4. The number of nitrogen functional groups attached to an aromatic ring is 1. The van der Waals surface area contributed by atoms with Gasteiger partial charge in [0, 0.05) is 18.0 Å². The molecule has 0 saturated heterocycles. The standard InChI is InChI=1S/C15H14N6O/c16-18-15(22)13-14(12-7-4-8-17-9-12)21(20-19-13)10-11-5-2-1-3-6-11/h1-9H,10,16H2,(H,18,22). The number of nitrogens with zero attached hydrogens (tertiary/aromatic N) is 4. The fourth-order valence-corrected chi connectivity index (χ4v) is 2.19. The summed E-state index contributed by atoms with van der Waals surface area (Å²) in [5.41, 5.74) is 4.65. The zero-order valence-electron chi connectivity index (χ0n) is 11.7. The number of rotatable bonds is 4. The van der Waals surface area contributed by atoms with Gasteiger partial charge in [-0.2, -0.15) is 0 Å². The average molecular weight is 294 g/mol. The highest BCUT2D eigenvalue weighted by Crippen LogP contribution is 2.22. The van der Waals surface area contributed by atoms with Gasteiger partial charge in [-0.3, -0.25) is 15.2 Å². The molecular formula is C15H14N6O. The maximum atomic E-state index is 11.9. The van der Waals surface area contributed by atoms with Crippen molar-refractivity contribution in [2.45, 2.75) is 6.54 Å². The van der Waals surface area contributed by atoms with Gasteiger partial charge in [-0.15, -0.1) is 5.10 Å². The number of benzene rings is 1. The predicted molar refractivity (Wildman–Crippen MR) is 80.5 cm³/mol. The monoisotopic (exact) mass is 294 g/mol. The zero-order valence-corrected chi connectivity index (χ0v) is 11.7. The topological polar surface area (TPSA) is 98.7 Å². The van der Waals surface area contributed by atoms with Crippen LogP contribution in [-0.4, -0.2) is 25.9 Å². The lowest BCUT2D eigenvalue weighted by Crippen LogP contribution is -2.30. The van der Waals surface area contributed by atoms with Gasteiger partial charge < -0.3 is 0 Å². The fourth-order valence-electron chi connectivity index (χ4n) is 2.19. The molecule has 110 valence electrons. The van der Waals surface area contributed by atoms with Crippen LogP contribution < -0.4 is 11.3 Å². The van der Waals surface area contributed by atoms with Crippen molar-refractivity contribution in [2.24, 2.45) is 5.84 Å². The molecule has 3 N–H and O–H groups in total. The Morgan fingerprint density at radius 2 is 2.00 bits per heavy atom. The van der Waals surface area contributed by atoms with Crippen molar-refractivity contribution in [3.05, 3.63) is 66.1 Å². The molecule has 0 radical (unpaired) electrons. The largest absolute Gasteiger partial charge is 0.289 e. The van der Waals surface area contributed by atoms with Gasteiger partial charge in [0.1, 0.15) is 5.69 Å². The third kappa shape index (κ3) is 2.70. The molecule has 2 heterocycles. The van der Waals surface area contributed by atoms with Gasteiger partial charge >= 0.3 is 0 Å². The molecule has 22 heavy (non-hydrogen) atoms. The van der Waals surface area contributed by atoms with Crippen LogP contribution in [0.4, 0.5) is 0 Å². The normalized spacial score (nSPS) is 10.4. The lowest BCUT2D eigenvalue weighted by molar-refractivity contribution is 0.0949. The van der Waals surface area contributed by atoms with Gasteiger partial charge in [-0.1, -0.05) is 35.5 Å². The highest BCUT2D eigenvalue weighted by molar-refractivity contribution is 5.97. The number of aromatic nitrogens is 4. The quantitative estimate of drug-likeness (QED) is 0.425. The summed E-state index contributed by atoms with van der Waals surface area (Å²) in [5.74, 6) is 4.73. The fraction of sp³-hybridized carbons (Fsp3) is 0.0667. The average Bonchev–Trinajstić information content (AvgIpc) is 2.99. The lowest BCUT2D eigenvalue weighted by Gasteiger charge is -2.07. The molecule has 0 aliphatic carbocycles. The number of hydrogen-bond acceptors (Lipinski definition) is 5. The first-order valence-electron chi connectivity index (χ1n) is 6.68. The van der Waals surface area contributed by atoms with E-state index < -0.39 is 5.91 Å². The first kappa shape index (κ1) is 13.9. The number of pyridine rings is 1. The van der Waals surface area contributed by atoms with Crippen LogP contribution in [-0.2, 0) is 6.54 Å². The van der Waals surface area contributed by atoms with Crippen LogP contribution >= 0.6 is 0 Å². The molecule has 0 unspecified atom stereocenters. The number of carbonyl (C=O) groups excluding carboxylic acids is 1. The summed E-state index contributed by atoms with van der Waals surface area (Å²) in [4.78, 5) is 16.0. The smallest absolute Gasteiger partial charge is 0.288 e. The Labute approximate surface area is 126 Å². The summed E-state index contributed by atoms with van der Waals surface area (Å²) >= 11 is 0. The van der Waals surface area contributed by atoms with Crippen molar-refractivity contribution in [3.63, 3.8) is 0 Å². The molecule has 3 aromatic rings. The second kappa shape index (κ2) is 6.15. The summed E-state index contributed by atoms with van der Waals surface area (Å²) in [7, 11) is 0. The van der Waals surface area contributed by atoms with Crippen molar-refractivity contribution in [3.8, 4) is 11.3 Å². The van der Waals surface area contributed by atoms with E-state index in [4.69, 9.17) is 5.84 Å². The van der Waals surface area contributed by atoms with E-state index in [1.807, 2.05) is 36.4 Å².